The monoisotopic (exact) mass is 281 g/mol. The van der Waals surface area contributed by atoms with Crippen molar-refractivity contribution in [3.8, 4) is 17.1 Å². The van der Waals surface area contributed by atoms with Gasteiger partial charge in [0.25, 0.3) is 0 Å². The third-order valence-electron chi connectivity index (χ3n) is 3.64. The molecule has 0 aliphatic heterocycles. The molecule has 0 fully saturated rings. The van der Waals surface area contributed by atoms with Gasteiger partial charge in [-0.2, -0.15) is 0 Å². The lowest BCUT2D eigenvalue weighted by Crippen LogP contribution is -1.97. The molecule has 0 aliphatic carbocycles. The second-order valence-electron chi connectivity index (χ2n) is 4.94. The SMILES string of the molecule is CCOc1ccc(-c2nc3c(CN)cccc3n2C)cc1. The molecule has 108 valence electrons. The van der Waals surface area contributed by atoms with Crippen LogP contribution >= 0.6 is 0 Å². The molecule has 3 aromatic rings. The summed E-state index contributed by atoms with van der Waals surface area (Å²) in [5, 5.41) is 0. The first kappa shape index (κ1) is 13.6. The van der Waals surface area contributed by atoms with Crippen LogP contribution in [0, 0.1) is 0 Å². The molecule has 0 bridgehead atoms. The van der Waals surface area contributed by atoms with E-state index in [-0.39, 0.29) is 0 Å². The highest BCUT2D eigenvalue weighted by Gasteiger charge is 2.12. The van der Waals surface area contributed by atoms with Crippen molar-refractivity contribution in [1.82, 2.24) is 9.55 Å². The fourth-order valence-corrected chi connectivity index (χ4v) is 2.56. The van der Waals surface area contributed by atoms with E-state index in [1.165, 1.54) is 0 Å². The molecule has 1 aromatic heterocycles. The van der Waals surface area contributed by atoms with Crippen LogP contribution in [-0.2, 0) is 13.6 Å². The molecular formula is C17H19N3O. The van der Waals surface area contributed by atoms with E-state index >= 15 is 0 Å². The number of ether oxygens (including phenoxy) is 1. The summed E-state index contributed by atoms with van der Waals surface area (Å²) in [6.45, 7) is 3.15. The van der Waals surface area contributed by atoms with E-state index < -0.39 is 0 Å². The van der Waals surface area contributed by atoms with Gasteiger partial charge in [0.15, 0.2) is 0 Å². The third-order valence-corrected chi connectivity index (χ3v) is 3.64. The second-order valence-corrected chi connectivity index (χ2v) is 4.94. The molecule has 0 saturated heterocycles. The van der Waals surface area contributed by atoms with Gasteiger partial charge >= 0.3 is 0 Å². The van der Waals surface area contributed by atoms with Gasteiger partial charge in [-0.1, -0.05) is 12.1 Å². The molecule has 0 amide bonds. The number of benzene rings is 2. The lowest BCUT2D eigenvalue weighted by molar-refractivity contribution is 0.340. The van der Waals surface area contributed by atoms with Crippen LogP contribution in [0.15, 0.2) is 42.5 Å². The first-order valence-corrected chi connectivity index (χ1v) is 7.12. The van der Waals surface area contributed by atoms with Crippen LogP contribution in [0.25, 0.3) is 22.4 Å². The summed E-state index contributed by atoms with van der Waals surface area (Å²) in [6, 6.07) is 14.1. The number of fused-ring (bicyclic) bond motifs is 1. The highest BCUT2D eigenvalue weighted by molar-refractivity contribution is 5.83. The number of hydrogen-bond acceptors (Lipinski definition) is 3. The lowest BCUT2D eigenvalue weighted by Gasteiger charge is -2.05. The van der Waals surface area contributed by atoms with Crippen LogP contribution in [0.1, 0.15) is 12.5 Å². The van der Waals surface area contributed by atoms with Crippen molar-refractivity contribution in [1.29, 1.82) is 0 Å². The van der Waals surface area contributed by atoms with Crippen molar-refractivity contribution < 1.29 is 4.74 Å². The first-order chi connectivity index (χ1) is 10.2. The van der Waals surface area contributed by atoms with Crippen LogP contribution < -0.4 is 10.5 Å². The predicted octanol–water partition coefficient (Wildman–Crippen LogP) is 3.10. The second kappa shape index (κ2) is 5.58. The normalized spacial score (nSPS) is 11.0. The number of para-hydroxylation sites is 1. The molecular weight excluding hydrogens is 262 g/mol. The molecule has 0 unspecified atom stereocenters. The minimum atomic E-state index is 0.497. The highest BCUT2D eigenvalue weighted by atomic mass is 16.5. The van der Waals surface area contributed by atoms with Crippen LogP contribution in [0.4, 0.5) is 0 Å². The summed E-state index contributed by atoms with van der Waals surface area (Å²) in [4.78, 5) is 4.77. The Balaban J connectivity index is 2.09. The van der Waals surface area contributed by atoms with E-state index in [2.05, 4.69) is 10.6 Å². The van der Waals surface area contributed by atoms with E-state index in [9.17, 15) is 0 Å². The summed E-state index contributed by atoms with van der Waals surface area (Å²) in [7, 11) is 2.03. The number of rotatable bonds is 4. The number of nitrogens with zero attached hydrogens (tertiary/aromatic N) is 2. The molecule has 2 aromatic carbocycles. The molecule has 0 radical (unpaired) electrons. The zero-order valence-corrected chi connectivity index (χ0v) is 12.3. The fourth-order valence-electron chi connectivity index (χ4n) is 2.56. The number of aryl methyl sites for hydroxylation is 1. The minimum absolute atomic E-state index is 0.497. The minimum Gasteiger partial charge on any atom is -0.494 e. The van der Waals surface area contributed by atoms with Gasteiger partial charge in [0.1, 0.15) is 11.6 Å². The molecule has 4 heteroatoms. The van der Waals surface area contributed by atoms with Crippen LogP contribution in [-0.4, -0.2) is 16.2 Å². The average Bonchev–Trinajstić information content (AvgIpc) is 2.86. The van der Waals surface area contributed by atoms with Gasteiger partial charge in [-0.3, -0.25) is 0 Å². The zero-order valence-electron chi connectivity index (χ0n) is 12.3. The van der Waals surface area contributed by atoms with Crippen molar-refractivity contribution in [3.63, 3.8) is 0 Å². The Hall–Kier alpha value is -2.33. The van der Waals surface area contributed by atoms with Gasteiger partial charge < -0.3 is 15.0 Å². The fraction of sp³-hybridized carbons (Fsp3) is 0.235. The van der Waals surface area contributed by atoms with Crippen molar-refractivity contribution in [3.05, 3.63) is 48.0 Å². The van der Waals surface area contributed by atoms with Gasteiger partial charge in [-0.05, 0) is 42.8 Å². The van der Waals surface area contributed by atoms with E-state index in [1.807, 2.05) is 50.4 Å². The summed E-state index contributed by atoms with van der Waals surface area (Å²) in [5.41, 5.74) is 10.0. The summed E-state index contributed by atoms with van der Waals surface area (Å²) >= 11 is 0. The third kappa shape index (κ3) is 2.38. The van der Waals surface area contributed by atoms with Gasteiger partial charge in [0, 0.05) is 19.2 Å². The van der Waals surface area contributed by atoms with E-state index in [1.54, 1.807) is 0 Å². The first-order valence-electron chi connectivity index (χ1n) is 7.12. The van der Waals surface area contributed by atoms with Gasteiger partial charge in [-0.25, -0.2) is 4.98 Å². The van der Waals surface area contributed by atoms with Gasteiger partial charge in [0.2, 0.25) is 0 Å². The molecule has 0 atom stereocenters. The smallest absolute Gasteiger partial charge is 0.140 e. The number of nitrogens with two attached hydrogens (primary N) is 1. The maximum atomic E-state index is 5.80. The molecule has 0 saturated carbocycles. The maximum absolute atomic E-state index is 5.80. The quantitative estimate of drug-likeness (QED) is 0.799. The number of imidazole rings is 1. The molecule has 3 rings (SSSR count). The van der Waals surface area contributed by atoms with Crippen molar-refractivity contribution in [2.24, 2.45) is 12.8 Å². The van der Waals surface area contributed by atoms with Crippen molar-refractivity contribution >= 4 is 11.0 Å². The number of hydrogen-bond donors (Lipinski definition) is 1. The Morgan fingerprint density at radius 3 is 2.57 bits per heavy atom. The van der Waals surface area contributed by atoms with Crippen LogP contribution in [0.5, 0.6) is 5.75 Å². The summed E-state index contributed by atoms with van der Waals surface area (Å²) < 4.78 is 7.58. The Labute approximate surface area is 124 Å². The maximum Gasteiger partial charge on any atom is 0.140 e. The Morgan fingerprint density at radius 1 is 1.14 bits per heavy atom. The van der Waals surface area contributed by atoms with E-state index in [0.29, 0.717) is 13.2 Å². The largest absolute Gasteiger partial charge is 0.494 e. The molecule has 4 nitrogen and oxygen atoms in total. The molecule has 0 spiro atoms. The number of aromatic nitrogens is 2. The summed E-state index contributed by atoms with van der Waals surface area (Å²) in [6.07, 6.45) is 0. The Bertz CT molecular complexity index is 760. The topological polar surface area (TPSA) is 53.1 Å². The van der Waals surface area contributed by atoms with Crippen LogP contribution in [0.3, 0.4) is 0 Å². The zero-order chi connectivity index (χ0) is 14.8. The van der Waals surface area contributed by atoms with Gasteiger partial charge in [-0.15, -0.1) is 0 Å². The Morgan fingerprint density at radius 2 is 1.90 bits per heavy atom. The van der Waals surface area contributed by atoms with Crippen molar-refractivity contribution in [2.45, 2.75) is 13.5 Å². The van der Waals surface area contributed by atoms with Gasteiger partial charge in [0.05, 0.1) is 17.6 Å². The van der Waals surface area contributed by atoms with E-state index in [4.69, 9.17) is 15.5 Å². The van der Waals surface area contributed by atoms with Crippen LogP contribution in [0.2, 0.25) is 0 Å². The highest BCUT2D eigenvalue weighted by Crippen LogP contribution is 2.27. The average molecular weight is 281 g/mol. The lowest BCUT2D eigenvalue weighted by atomic mass is 10.2. The molecule has 0 aliphatic rings. The summed E-state index contributed by atoms with van der Waals surface area (Å²) in [5.74, 6) is 1.82. The Kier molecular flexibility index (Phi) is 3.62. The standard InChI is InChI=1S/C17H19N3O/c1-3-21-14-9-7-12(8-10-14)17-19-16-13(11-18)5-4-6-15(16)20(17)2/h4-10H,3,11,18H2,1-2H3. The molecule has 1 heterocycles. The molecule has 21 heavy (non-hydrogen) atoms. The van der Waals surface area contributed by atoms with E-state index in [0.717, 1.165) is 33.7 Å². The predicted molar refractivity (Wildman–Crippen MR) is 85.2 cm³/mol. The van der Waals surface area contributed by atoms with Crippen molar-refractivity contribution in [2.75, 3.05) is 6.61 Å². The molecule has 2 N–H and O–H groups in total.